The number of carbonyl (C=O) groups is 1. The molecule has 15 heteroatoms. The smallest absolute Gasteiger partial charge is 0.459 e. The minimum atomic E-state index is -4.17. The average Bonchev–Trinajstić information content (AvgIpc) is 3.38. The average molecular weight is 557 g/mol. The van der Waals surface area contributed by atoms with Crippen LogP contribution in [0.25, 0.3) is 11.2 Å². The Balaban J connectivity index is 1.50. The molecule has 1 aromatic carbocycles. The van der Waals surface area contributed by atoms with E-state index in [-0.39, 0.29) is 41.9 Å². The van der Waals surface area contributed by atoms with Crippen molar-refractivity contribution >= 4 is 42.3 Å². The number of imidazole rings is 1. The Morgan fingerprint density at radius 3 is 2.76 bits per heavy atom. The summed E-state index contributed by atoms with van der Waals surface area (Å²) in [5, 5.41) is 0.201. The number of nitrogens with one attached hydrogen (secondary N) is 1. The number of carbonyl (C=O) groups excluding carboxylic acids is 1. The molecule has 0 aliphatic carbocycles. The first-order chi connectivity index (χ1) is 17.5. The number of fused-ring (bicyclic) bond motifs is 1. The summed E-state index contributed by atoms with van der Waals surface area (Å²) < 4.78 is 52.5. The van der Waals surface area contributed by atoms with Crippen LogP contribution in [0.3, 0.4) is 0 Å². The second-order valence-electron chi connectivity index (χ2n) is 8.69. The first-order valence-electron chi connectivity index (χ1n) is 11.4. The van der Waals surface area contributed by atoms with Crippen LogP contribution in [0.15, 0.2) is 43.0 Å². The molecule has 200 valence electrons. The molecule has 0 saturated carbocycles. The maximum Gasteiger partial charge on any atom is 0.459 e. The Morgan fingerprint density at radius 2 is 2.05 bits per heavy atom. The lowest BCUT2D eigenvalue weighted by Gasteiger charge is -2.24. The summed E-state index contributed by atoms with van der Waals surface area (Å²) in [6.07, 6.45) is -0.435. The lowest BCUT2D eigenvalue weighted by atomic mass is 10.2. The standard InChI is InChI=1S/C22H27ClFN6O6P/c1-13(2)34-20(31)14(3)29-37(32,36-15-7-5-4-6-8-15)33-10-16-9-22(23,24)21(35-16)30-12-28-17-18(25)26-11-27-19(17)30/h4-8,11-14,16,21H,9-10H2,1-3H3,(H,29,32)(H2,25,26,27)/t14-,16-,21+,22+,37+/m0/s1. The maximum atomic E-state index is 15.4. The molecule has 0 radical (unpaired) electrons. The largest absolute Gasteiger partial charge is 0.462 e. The van der Waals surface area contributed by atoms with Crippen molar-refractivity contribution in [2.45, 2.75) is 56.8 Å². The summed E-state index contributed by atoms with van der Waals surface area (Å²) >= 11 is 6.17. The maximum absolute atomic E-state index is 15.4. The predicted molar refractivity (Wildman–Crippen MR) is 132 cm³/mol. The van der Waals surface area contributed by atoms with E-state index in [0.717, 1.165) is 0 Å². The third-order valence-electron chi connectivity index (χ3n) is 5.28. The van der Waals surface area contributed by atoms with Crippen LogP contribution in [0.2, 0.25) is 0 Å². The number of para-hydroxylation sites is 1. The molecule has 0 bridgehead atoms. The minimum absolute atomic E-state index is 0.121. The van der Waals surface area contributed by atoms with Crippen molar-refractivity contribution in [3.05, 3.63) is 43.0 Å². The van der Waals surface area contributed by atoms with Gasteiger partial charge in [0.2, 0.25) is 5.13 Å². The van der Waals surface area contributed by atoms with Crippen LogP contribution < -0.4 is 15.3 Å². The molecule has 0 spiro atoms. The number of rotatable bonds is 10. The van der Waals surface area contributed by atoms with E-state index in [1.165, 1.54) is 24.1 Å². The number of esters is 1. The van der Waals surface area contributed by atoms with Crippen molar-refractivity contribution in [3.63, 3.8) is 0 Å². The Morgan fingerprint density at radius 1 is 1.32 bits per heavy atom. The number of hydrogen-bond acceptors (Lipinski definition) is 10. The number of benzene rings is 1. The van der Waals surface area contributed by atoms with Crippen LogP contribution in [0, 0.1) is 0 Å². The fourth-order valence-electron chi connectivity index (χ4n) is 3.66. The monoisotopic (exact) mass is 556 g/mol. The lowest BCUT2D eigenvalue weighted by Crippen LogP contribution is -2.36. The van der Waals surface area contributed by atoms with E-state index in [4.69, 9.17) is 35.9 Å². The van der Waals surface area contributed by atoms with Crippen molar-refractivity contribution in [3.8, 4) is 5.75 Å². The summed E-state index contributed by atoms with van der Waals surface area (Å²) in [6, 6.07) is 7.21. The van der Waals surface area contributed by atoms with E-state index < -0.39 is 37.2 Å². The molecule has 4 rings (SSSR count). The molecule has 3 N–H and O–H groups in total. The summed E-state index contributed by atoms with van der Waals surface area (Å²) in [4.78, 5) is 24.4. The molecule has 3 aromatic rings. The van der Waals surface area contributed by atoms with E-state index >= 15 is 4.39 Å². The number of hydrogen-bond donors (Lipinski definition) is 2. The van der Waals surface area contributed by atoms with Crippen molar-refractivity contribution < 1.29 is 32.3 Å². The van der Waals surface area contributed by atoms with Gasteiger partial charge in [-0.3, -0.25) is 13.9 Å². The van der Waals surface area contributed by atoms with Gasteiger partial charge in [-0.2, -0.15) is 5.09 Å². The summed E-state index contributed by atoms with van der Waals surface area (Å²) in [5.74, 6) is -0.299. The molecule has 3 heterocycles. The van der Waals surface area contributed by atoms with Gasteiger partial charge in [-0.1, -0.05) is 29.8 Å². The summed E-state index contributed by atoms with van der Waals surface area (Å²) in [6.45, 7) is 4.46. The zero-order valence-corrected chi connectivity index (χ0v) is 21.9. The number of nitrogens with two attached hydrogens (primary N) is 1. The van der Waals surface area contributed by atoms with Crippen LogP contribution in [0.5, 0.6) is 5.75 Å². The third-order valence-corrected chi connectivity index (χ3v) is 7.26. The van der Waals surface area contributed by atoms with Gasteiger partial charge in [-0.15, -0.1) is 0 Å². The van der Waals surface area contributed by atoms with Crippen LogP contribution in [0.4, 0.5) is 10.2 Å². The Kier molecular flexibility index (Phi) is 8.00. The van der Waals surface area contributed by atoms with Crippen LogP contribution in [0.1, 0.15) is 33.4 Å². The fourth-order valence-corrected chi connectivity index (χ4v) is 5.51. The lowest BCUT2D eigenvalue weighted by molar-refractivity contribution is -0.149. The molecule has 1 aliphatic heterocycles. The highest BCUT2D eigenvalue weighted by molar-refractivity contribution is 7.52. The molecule has 12 nitrogen and oxygen atoms in total. The van der Waals surface area contributed by atoms with Gasteiger partial charge in [-0.05, 0) is 32.9 Å². The SMILES string of the molecule is CC(C)OC(=O)[C@H](C)N[P@@](=O)(OC[C@@H]1C[C@](F)(Cl)[C@H](n2cnc3c(N)ncnc32)O1)Oc1ccccc1. The number of ether oxygens (including phenoxy) is 2. The highest BCUT2D eigenvalue weighted by Gasteiger charge is 2.50. The van der Waals surface area contributed by atoms with Crippen LogP contribution in [-0.2, 0) is 23.4 Å². The zero-order valence-electron chi connectivity index (χ0n) is 20.3. The Bertz CT molecular complexity index is 1300. The fraction of sp³-hybridized carbons (Fsp3) is 0.455. The number of halogens is 2. The molecular formula is C22H27ClFN6O6P. The van der Waals surface area contributed by atoms with Gasteiger partial charge in [-0.25, -0.2) is 23.9 Å². The molecule has 1 aliphatic rings. The van der Waals surface area contributed by atoms with Crippen LogP contribution >= 0.6 is 19.3 Å². The van der Waals surface area contributed by atoms with Gasteiger partial charge in [0.15, 0.2) is 17.7 Å². The van der Waals surface area contributed by atoms with Gasteiger partial charge in [0, 0.05) is 6.42 Å². The molecule has 5 atom stereocenters. The minimum Gasteiger partial charge on any atom is -0.462 e. The van der Waals surface area contributed by atoms with E-state index in [9.17, 15) is 9.36 Å². The second kappa shape index (κ2) is 10.9. The number of anilines is 1. The molecule has 1 saturated heterocycles. The number of nitrogen functional groups attached to an aromatic ring is 1. The van der Waals surface area contributed by atoms with E-state index in [1.54, 1.807) is 44.2 Å². The molecule has 0 unspecified atom stereocenters. The van der Waals surface area contributed by atoms with Gasteiger partial charge in [0.05, 0.1) is 25.1 Å². The summed E-state index contributed by atoms with van der Waals surface area (Å²) in [5.41, 5.74) is 6.31. The number of aromatic nitrogens is 4. The third kappa shape index (κ3) is 6.36. The van der Waals surface area contributed by atoms with E-state index in [1.807, 2.05) is 0 Å². The van der Waals surface area contributed by atoms with Crippen molar-refractivity contribution in [2.24, 2.45) is 0 Å². The topological polar surface area (TPSA) is 153 Å². The highest BCUT2D eigenvalue weighted by atomic mass is 35.5. The predicted octanol–water partition coefficient (Wildman–Crippen LogP) is 3.73. The van der Waals surface area contributed by atoms with Gasteiger partial charge in [0.1, 0.15) is 23.6 Å². The van der Waals surface area contributed by atoms with E-state index in [2.05, 4.69) is 20.0 Å². The normalized spacial score (nSPS) is 24.2. The molecule has 1 fully saturated rings. The molecule has 0 amide bonds. The summed E-state index contributed by atoms with van der Waals surface area (Å²) in [7, 11) is -4.17. The Hall–Kier alpha value is -2.83. The van der Waals surface area contributed by atoms with Crippen molar-refractivity contribution in [1.29, 1.82) is 0 Å². The van der Waals surface area contributed by atoms with Gasteiger partial charge in [0.25, 0.3) is 0 Å². The quantitative estimate of drug-likeness (QED) is 0.213. The van der Waals surface area contributed by atoms with E-state index in [0.29, 0.717) is 0 Å². The molecule has 37 heavy (non-hydrogen) atoms. The van der Waals surface area contributed by atoms with Gasteiger partial charge >= 0.3 is 13.7 Å². The number of nitrogens with zero attached hydrogens (tertiary/aromatic N) is 4. The van der Waals surface area contributed by atoms with Crippen molar-refractivity contribution in [2.75, 3.05) is 12.3 Å². The number of alkyl halides is 2. The van der Waals surface area contributed by atoms with Gasteiger partial charge < -0.3 is 19.7 Å². The second-order valence-corrected chi connectivity index (χ2v) is 11.0. The first-order valence-corrected chi connectivity index (χ1v) is 13.3. The molecular weight excluding hydrogens is 530 g/mol. The highest BCUT2D eigenvalue weighted by Crippen LogP contribution is 2.49. The Labute approximate surface area is 217 Å². The zero-order chi connectivity index (χ0) is 26.8. The van der Waals surface area contributed by atoms with Crippen LogP contribution in [-0.4, -0.2) is 55.5 Å². The first kappa shape index (κ1) is 27.2. The van der Waals surface area contributed by atoms with Crippen molar-refractivity contribution in [1.82, 2.24) is 24.6 Å². The molecule has 2 aromatic heterocycles.